The number of nitrogens with zero attached hydrogens (tertiary/aromatic N) is 2. The number of nitrogen functional groups attached to an aromatic ring is 1. The summed E-state index contributed by atoms with van der Waals surface area (Å²) in [6.45, 7) is -0.655. The van der Waals surface area contributed by atoms with Gasteiger partial charge in [0.1, 0.15) is 21.5 Å². The van der Waals surface area contributed by atoms with E-state index in [4.69, 9.17) is 5.73 Å². The van der Waals surface area contributed by atoms with Crippen molar-refractivity contribution >= 4 is 54.5 Å². The van der Waals surface area contributed by atoms with Gasteiger partial charge in [-0.05, 0) is 110 Å². The average molecular weight is 619 g/mol. The van der Waals surface area contributed by atoms with Crippen molar-refractivity contribution in [2.75, 3.05) is 31.4 Å². The lowest BCUT2D eigenvalue weighted by atomic mass is 10.0. The van der Waals surface area contributed by atoms with Crippen LogP contribution < -0.4 is 11.1 Å². The SMILES string of the molecule is CNc1ccc(-c2nc3ccc(O)cc3s2)cc1CCCF.Nc1ccc(-c2nc3ccc(O)cc3s2)cc1CCCF. The number of anilines is 2. The number of halogens is 2. The van der Waals surface area contributed by atoms with Crippen LogP contribution in [0.5, 0.6) is 11.5 Å². The monoisotopic (exact) mass is 618 g/mol. The van der Waals surface area contributed by atoms with Crippen LogP contribution >= 0.6 is 22.7 Å². The van der Waals surface area contributed by atoms with Gasteiger partial charge in [-0.15, -0.1) is 22.7 Å². The maximum Gasteiger partial charge on any atom is 0.124 e. The number of benzene rings is 4. The maximum atomic E-state index is 12.5. The van der Waals surface area contributed by atoms with E-state index >= 15 is 0 Å². The molecule has 0 bridgehead atoms. The topological polar surface area (TPSA) is 104 Å². The van der Waals surface area contributed by atoms with Gasteiger partial charge in [0.15, 0.2) is 0 Å². The predicted octanol–water partition coefficient (Wildman–Crippen LogP) is 8.77. The van der Waals surface area contributed by atoms with Gasteiger partial charge >= 0.3 is 0 Å². The van der Waals surface area contributed by atoms with E-state index in [9.17, 15) is 19.0 Å². The third-order valence-electron chi connectivity index (χ3n) is 6.91. The molecule has 222 valence electrons. The molecule has 0 unspecified atom stereocenters. The van der Waals surface area contributed by atoms with Gasteiger partial charge in [0.2, 0.25) is 0 Å². The third-order valence-corrected chi connectivity index (χ3v) is 9.05. The molecular formula is C33H32F2N4O2S2. The second-order valence-corrected chi connectivity index (χ2v) is 12.0. The first-order chi connectivity index (χ1) is 20.9. The molecule has 10 heteroatoms. The Bertz CT molecular complexity index is 1850. The number of thiazole rings is 2. The number of alkyl halides is 2. The molecule has 2 heterocycles. The summed E-state index contributed by atoms with van der Waals surface area (Å²) in [6.07, 6.45) is 2.32. The number of aromatic hydroxyl groups is 2. The van der Waals surface area contributed by atoms with Crippen molar-refractivity contribution in [2.45, 2.75) is 25.7 Å². The summed E-state index contributed by atoms with van der Waals surface area (Å²) in [5.74, 6) is 0.482. The number of fused-ring (bicyclic) bond motifs is 2. The van der Waals surface area contributed by atoms with Crippen LogP contribution in [0.15, 0.2) is 72.8 Å². The number of rotatable bonds is 9. The van der Waals surface area contributed by atoms with Crippen molar-refractivity contribution in [1.29, 1.82) is 0 Å². The van der Waals surface area contributed by atoms with E-state index in [1.807, 2.05) is 43.4 Å². The molecule has 0 spiro atoms. The zero-order valence-electron chi connectivity index (χ0n) is 23.6. The van der Waals surface area contributed by atoms with E-state index < -0.39 is 0 Å². The quantitative estimate of drug-likeness (QED) is 0.121. The van der Waals surface area contributed by atoms with Crippen LogP contribution in [0.2, 0.25) is 0 Å². The molecule has 0 amide bonds. The summed E-state index contributed by atoms with van der Waals surface area (Å²) in [6, 6.07) is 22.1. The minimum absolute atomic E-state index is 0.235. The molecule has 6 rings (SSSR count). The van der Waals surface area contributed by atoms with Crippen LogP contribution in [-0.4, -0.2) is 40.6 Å². The van der Waals surface area contributed by atoms with E-state index in [2.05, 4.69) is 21.4 Å². The molecular weight excluding hydrogens is 587 g/mol. The molecule has 6 nitrogen and oxygen atoms in total. The van der Waals surface area contributed by atoms with Crippen molar-refractivity contribution in [3.05, 3.63) is 83.9 Å². The zero-order valence-corrected chi connectivity index (χ0v) is 25.2. The van der Waals surface area contributed by atoms with Crippen molar-refractivity contribution < 1.29 is 19.0 Å². The van der Waals surface area contributed by atoms with Gasteiger partial charge in [0.25, 0.3) is 0 Å². The lowest BCUT2D eigenvalue weighted by molar-refractivity contribution is 0.473. The van der Waals surface area contributed by atoms with Gasteiger partial charge in [-0.3, -0.25) is 8.78 Å². The Labute approximate surface area is 256 Å². The molecule has 5 N–H and O–H groups in total. The van der Waals surface area contributed by atoms with Crippen molar-refractivity contribution in [2.24, 2.45) is 0 Å². The van der Waals surface area contributed by atoms with E-state index in [0.29, 0.717) is 31.4 Å². The maximum absolute atomic E-state index is 12.5. The Hall–Kier alpha value is -4.28. The summed E-state index contributed by atoms with van der Waals surface area (Å²) < 4.78 is 26.7. The Morgan fingerprint density at radius 3 is 1.74 bits per heavy atom. The Kier molecular flexibility index (Phi) is 9.68. The highest BCUT2D eigenvalue weighted by atomic mass is 32.1. The third kappa shape index (κ3) is 7.21. The highest BCUT2D eigenvalue weighted by Crippen LogP contribution is 2.35. The Morgan fingerprint density at radius 2 is 1.21 bits per heavy atom. The Morgan fingerprint density at radius 1 is 0.698 bits per heavy atom. The summed E-state index contributed by atoms with van der Waals surface area (Å²) in [5, 5.41) is 24.0. The molecule has 2 aromatic heterocycles. The summed E-state index contributed by atoms with van der Waals surface area (Å²) >= 11 is 3.06. The van der Waals surface area contributed by atoms with Crippen LogP contribution in [0, 0.1) is 0 Å². The van der Waals surface area contributed by atoms with Gasteiger partial charge in [-0.25, -0.2) is 9.97 Å². The average Bonchev–Trinajstić information content (AvgIpc) is 3.63. The molecule has 0 atom stereocenters. The first kappa shape index (κ1) is 30.2. The van der Waals surface area contributed by atoms with Crippen LogP contribution in [0.25, 0.3) is 41.6 Å². The molecule has 0 aliphatic heterocycles. The fourth-order valence-corrected chi connectivity index (χ4v) is 6.71. The molecule has 0 aliphatic carbocycles. The fourth-order valence-electron chi connectivity index (χ4n) is 4.72. The Balaban J connectivity index is 0.000000171. The normalized spacial score (nSPS) is 11.0. The second-order valence-electron chi connectivity index (χ2n) is 9.96. The largest absolute Gasteiger partial charge is 0.508 e. The number of aromatic nitrogens is 2. The number of phenols is 2. The standard InChI is InChI=1S/C17H17FN2OS.C16H15FN2OS/c1-19-14-6-4-12(9-11(14)3-2-8-18)17-20-15-7-5-13(21)10-16(15)22-17;17-7-1-2-10-8-11(3-5-13(10)18)16-19-14-6-4-12(20)9-15(14)21-16/h4-7,9-10,19,21H,2-3,8H2,1H3;3-6,8-9,20H,1-2,7,18H2. The number of aryl methyl sites for hydroxylation is 2. The fraction of sp³-hybridized carbons (Fsp3) is 0.212. The minimum Gasteiger partial charge on any atom is -0.508 e. The molecule has 0 aliphatic rings. The predicted molar refractivity (Wildman–Crippen MR) is 176 cm³/mol. The first-order valence-electron chi connectivity index (χ1n) is 13.9. The van der Waals surface area contributed by atoms with Crippen LogP contribution in [0.3, 0.4) is 0 Å². The first-order valence-corrected chi connectivity index (χ1v) is 15.5. The molecule has 0 saturated heterocycles. The molecule has 0 radical (unpaired) electrons. The smallest absolute Gasteiger partial charge is 0.124 e. The lowest BCUT2D eigenvalue weighted by Gasteiger charge is -2.10. The molecule has 0 fully saturated rings. The lowest BCUT2D eigenvalue weighted by Crippen LogP contribution is -1.97. The van der Waals surface area contributed by atoms with Crippen LogP contribution in [-0.2, 0) is 12.8 Å². The van der Waals surface area contributed by atoms with E-state index in [1.54, 1.807) is 41.7 Å². The van der Waals surface area contributed by atoms with E-state index in [0.717, 1.165) is 58.4 Å². The van der Waals surface area contributed by atoms with E-state index in [1.165, 1.54) is 11.3 Å². The number of phenolic OH excluding ortho intramolecular Hbond substituents is 2. The summed E-state index contributed by atoms with van der Waals surface area (Å²) in [5.41, 5.74) is 13.4. The van der Waals surface area contributed by atoms with Gasteiger partial charge in [-0.2, -0.15) is 0 Å². The van der Waals surface area contributed by atoms with Gasteiger partial charge in [-0.1, -0.05) is 0 Å². The van der Waals surface area contributed by atoms with Crippen molar-refractivity contribution in [3.63, 3.8) is 0 Å². The van der Waals surface area contributed by atoms with Gasteiger partial charge in [0, 0.05) is 29.5 Å². The highest BCUT2D eigenvalue weighted by Gasteiger charge is 2.11. The summed E-state index contributed by atoms with van der Waals surface area (Å²) in [4.78, 5) is 9.18. The van der Waals surface area contributed by atoms with E-state index in [-0.39, 0.29) is 24.8 Å². The second kappa shape index (κ2) is 13.8. The van der Waals surface area contributed by atoms with Gasteiger partial charge in [0.05, 0.1) is 33.8 Å². The number of nitrogens with two attached hydrogens (primary N) is 1. The minimum atomic E-state index is -0.343. The molecule has 43 heavy (non-hydrogen) atoms. The highest BCUT2D eigenvalue weighted by molar-refractivity contribution is 7.22. The molecule has 4 aromatic carbocycles. The van der Waals surface area contributed by atoms with Gasteiger partial charge < -0.3 is 21.3 Å². The number of hydrogen-bond acceptors (Lipinski definition) is 8. The molecule has 6 aromatic rings. The van der Waals surface area contributed by atoms with Crippen molar-refractivity contribution in [3.8, 4) is 32.6 Å². The number of nitrogens with one attached hydrogen (secondary N) is 1. The zero-order chi connectivity index (χ0) is 30.3. The summed E-state index contributed by atoms with van der Waals surface area (Å²) in [7, 11) is 1.87. The van der Waals surface area contributed by atoms with Crippen LogP contribution in [0.4, 0.5) is 20.2 Å². The number of hydrogen-bond donors (Lipinski definition) is 4. The van der Waals surface area contributed by atoms with Crippen LogP contribution in [0.1, 0.15) is 24.0 Å². The van der Waals surface area contributed by atoms with Crippen molar-refractivity contribution in [1.82, 2.24) is 9.97 Å². The molecule has 0 saturated carbocycles.